The number of hydrogen-bond acceptors (Lipinski definition) is 1. The lowest BCUT2D eigenvalue weighted by Gasteiger charge is -2.49. The van der Waals surface area contributed by atoms with E-state index in [1.165, 1.54) is 72.5 Å². The Hall–Kier alpha value is -5.79. The fraction of sp³-hybridized carbons (Fsp3) is 0.0851. The number of hydrogen-bond donors (Lipinski definition) is 0. The van der Waals surface area contributed by atoms with Gasteiger partial charge in [-0.1, -0.05) is 170 Å². The molecule has 10 rings (SSSR count). The standard InChI is InChI=1S/C47H33N/c1-3-12-35(13-4-1)46(37-28-26-33(27-29-37)32-22-24-34(25-23-32)44-30-31-48-44)41-19-9-10-20-42(41)47(36-14-5-2-6-15-36)40-18-8-7-16-38(40)39-17-11-21-43(46)45(39)47/h1-24,26-31,34H,25H2. The van der Waals surface area contributed by atoms with Gasteiger partial charge in [0.05, 0.1) is 10.8 Å². The van der Waals surface area contributed by atoms with Crippen LogP contribution in [0.1, 0.15) is 56.5 Å². The van der Waals surface area contributed by atoms with Crippen molar-refractivity contribution in [1.82, 2.24) is 0 Å². The lowest BCUT2D eigenvalue weighted by Crippen LogP contribution is -2.44. The van der Waals surface area contributed by atoms with Crippen molar-refractivity contribution in [3.63, 3.8) is 0 Å². The molecule has 0 amide bonds. The van der Waals surface area contributed by atoms with Gasteiger partial charge >= 0.3 is 0 Å². The maximum Gasteiger partial charge on any atom is 0.0720 e. The van der Waals surface area contributed by atoms with E-state index in [-0.39, 0.29) is 0 Å². The van der Waals surface area contributed by atoms with E-state index in [0.29, 0.717) is 5.92 Å². The summed E-state index contributed by atoms with van der Waals surface area (Å²) in [6, 6.07) is 57.1. The number of benzene rings is 6. The molecule has 0 fully saturated rings. The normalized spacial score (nSPS) is 22.5. The lowest BCUT2D eigenvalue weighted by molar-refractivity contribution is 0.626. The molecule has 0 bridgehead atoms. The van der Waals surface area contributed by atoms with E-state index >= 15 is 0 Å². The van der Waals surface area contributed by atoms with E-state index in [2.05, 4.69) is 181 Å². The first-order chi connectivity index (χ1) is 23.8. The molecule has 3 atom stereocenters. The molecule has 1 heteroatoms. The summed E-state index contributed by atoms with van der Waals surface area (Å²) in [4.78, 5) is 4.44. The van der Waals surface area contributed by atoms with Crippen molar-refractivity contribution < 1.29 is 0 Å². The van der Waals surface area contributed by atoms with Crippen LogP contribution in [0.3, 0.4) is 0 Å². The minimum atomic E-state index is -0.515. The molecule has 0 saturated heterocycles. The first-order valence-corrected chi connectivity index (χ1v) is 17.0. The zero-order valence-electron chi connectivity index (χ0n) is 26.6. The second-order valence-electron chi connectivity index (χ2n) is 13.4. The van der Waals surface area contributed by atoms with Crippen molar-refractivity contribution in [2.24, 2.45) is 10.9 Å². The average Bonchev–Trinajstić information content (AvgIpc) is 3.45. The highest BCUT2D eigenvalue weighted by Crippen LogP contribution is 2.65. The second-order valence-corrected chi connectivity index (χ2v) is 13.4. The highest BCUT2D eigenvalue weighted by molar-refractivity contribution is 5.92. The largest absolute Gasteiger partial charge is 0.261 e. The van der Waals surface area contributed by atoms with Crippen molar-refractivity contribution >= 4 is 11.8 Å². The van der Waals surface area contributed by atoms with Gasteiger partial charge in [-0.15, -0.1) is 0 Å². The van der Waals surface area contributed by atoms with E-state index in [9.17, 15) is 0 Å². The van der Waals surface area contributed by atoms with Crippen LogP contribution in [0, 0.1) is 5.92 Å². The monoisotopic (exact) mass is 611 g/mol. The summed E-state index contributed by atoms with van der Waals surface area (Å²) < 4.78 is 0. The van der Waals surface area contributed by atoms with Crippen LogP contribution in [0.4, 0.5) is 0 Å². The number of rotatable bonds is 5. The molecule has 0 aromatic heterocycles. The van der Waals surface area contributed by atoms with Crippen molar-refractivity contribution in [3.8, 4) is 11.1 Å². The molecule has 48 heavy (non-hydrogen) atoms. The van der Waals surface area contributed by atoms with Gasteiger partial charge < -0.3 is 0 Å². The quantitative estimate of drug-likeness (QED) is 0.184. The van der Waals surface area contributed by atoms with Crippen LogP contribution < -0.4 is 0 Å². The third kappa shape index (κ3) is 3.54. The molecule has 0 saturated carbocycles. The minimum absolute atomic E-state index is 0.382. The van der Waals surface area contributed by atoms with Gasteiger partial charge in [-0.2, -0.15) is 0 Å². The molecule has 0 spiro atoms. The Labute approximate surface area is 282 Å². The molecule has 0 N–H and O–H groups in total. The van der Waals surface area contributed by atoms with Crippen LogP contribution >= 0.6 is 0 Å². The van der Waals surface area contributed by atoms with Crippen LogP contribution in [0.2, 0.25) is 0 Å². The molecule has 4 aliphatic rings. The maximum absolute atomic E-state index is 4.44. The number of fused-ring (bicyclic) bond motifs is 5. The molecule has 1 nitrogen and oxygen atoms in total. The Kier molecular flexibility index (Phi) is 5.90. The van der Waals surface area contributed by atoms with Gasteiger partial charge in [0.15, 0.2) is 0 Å². The summed E-state index contributed by atoms with van der Waals surface area (Å²) in [5.41, 5.74) is 16.1. The lowest BCUT2D eigenvalue weighted by atomic mass is 9.51. The number of aliphatic imine (C=N–C) groups is 1. The summed E-state index contributed by atoms with van der Waals surface area (Å²) in [7, 11) is 0. The zero-order chi connectivity index (χ0) is 31.7. The van der Waals surface area contributed by atoms with Crippen LogP contribution in [-0.2, 0) is 10.8 Å². The summed E-state index contributed by atoms with van der Waals surface area (Å²) >= 11 is 0. The van der Waals surface area contributed by atoms with Crippen molar-refractivity contribution in [2.75, 3.05) is 0 Å². The molecule has 226 valence electrons. The van der Waals surface area contributed by atoms with E-state index < -0.39 is 10.8 Å². The van der Waals surface area contributed by atoms with E-state index in [1.54, 1.807) is 0 Å². The van der Waals surface area contributed by atoms with E-state index in [1.807, 2.05) is 6.21 Å². The summed E-state index contributed by atoms with van der Waals surface area (Å²) in [5, 5.41) is 0. The first kappa shape index (κ1) is 27.3. The Bertz CT molecular complexity index is 2360. The average molecular weight is 612 g/mol. The molecule has 1 heterocycles. The fourth-order valence-corrected chi connectivity index (χ4v) is 9.20. The summed E-state index contributed by atoms with van der Waals surface area (Å²) in [5.74, 6) is 0.382. The molecule has 3 unspecified atom stereocenters. The van der Waals surface area contributed by atoms with Crippen molar-refractivity contribution in [1.29, 1.82) is 0 Å². The van der Waals surface area contributed by atoms with Gasteiger partial charge in [-0.25, -0.2) is 0 Å². The van der Waals surface area contributed by atoms with Crippen molar-refractivity contribution in [2.45, 2.75) is 17.3 Å². The van der Waals surface area contributed by atoms with Crippen LogP contribution in [0.5, 0.6) is 0 Å². The molecular weight excluding hydrogens is 579 g/mol. The smallest absolute Gasteiger partial charge is 0.0720 e. The predicted octanol–water partition coefficient (Wildman–Crippen LogP) is 10.7. The first-order valence-electron chi connectivity index (χ1n) is 17.0. The van der Waals surface area contributed by atoms with Crippen LogP contribution in [0.15, 0.2) is 187 Å². The Balaban J connectivity index is 1.25. The van der Waals surface area contributed by atoms with Gasteiger partial charge in [-0.3, -0.25) is 4.99 Å². The Morgan fingerprint density at radius 1 is 0.500 bits per heavy atom. The molecular formula is C47H33N. The highest BCUT2D eigenvalue weighted by atomic mass is 14.8. The Morgan fingerprint density at radius 3 is 1.71 bits per heavy atom. The zero-order valence-corrected chi connectivity index (χ0v) is 26.6. The number of allylic oxidation sites excluding steroid dienone is 5. The minimum Gasteiger partial charge on any atom is -0.261 e. The molecule has 0 radical (unpaired) electrons. The van der Waals surface area contributed by atoms with Gasteiger partial charge in [0.1, 0.15) is 0 Å². The summed E-state index contributed by atoms with van der Waals surface area (Å²) in [6.07, 6.45) is 11.9. The van der Waals surface area contributed by atoms with Crippen molar-refractivity contribution in [3.05, 3.63) is 232 Å². The SMILES string of the molecule is C1=CC(C2=CC=N2)CC=C1c1ccc(C2(c3ccccc3)c3ccccc3C3(c4ccccc4)c4ccccc4-c4cccc2c43)cc1. The van der Waals surface area contributed by atoms with Gasteiger partial charge in [0, 0.05) is 17.8 Å². The molecule has 6 aromatic rings. The molecule has 1 aliphatic heterocycles. The fourth-order valence-electron chi connectivity index (χ4n) is 9.20. The van der Waals surface area contributed by atoms with E-state index in [0.717, 1.165) is 6.42 Å². The van der Waals surface area contributed by atoms with E-state index in [4.69, 9.17) is 0 Å². The second kappa shape index (κ2) is 10.4. The summed E-state index contributed by atoms with van der Waals surface area (Å²) in [6.45, 7) is 0. The van der Waals surface area contributed by atoms with Gasteiger partial charge in [0.2, 0.25) is 0 Å². The van der Waals surface area contributed by atoms with Gasteiger partial charge in [-0.05, 0) is 79.3 Å². The third-order valence-electron chi connectivity index (χ3n) is 11.2. The molecule has 6 aromatic carbocycles. The third-order valence-corrected chi connectivity index (χ3v) is 11.2. The van der Waals surface area contributed by atoms with Gasteiger partial charge in [0.25, 0.3) is 0 Å². The Morgan fingerprint density at radius 2 is 1.06 bits per heavy atom. The number of nitrogens with zero attached hydrogens (tertiary/aromatic N) is 1. The maximum atomic E-state index is 4.44. The molecule has 3 aliphatic carbocycles. The predicted molar refractivity (Wildman–Crippen MR) is 197 cm³/mol. The van der Waals surface area contributed by atoms with Crippen LogP contribution in [-0.4, -0.2) is 6.21 Å². The van der Waals surface area contributed by atoms with Crippen LogP contribution in [0.25, 0.3) is 16.7 Å². The topological polar surface area (TPSA) is 12.4 Å². The highest BCUT2D eigenvalue weighted by Gasteiger charge is 2.57.